The molecule has 0 radical (unpaired) electrons. The van der Waals surface area contributed by atoms with Crippen LogP contribution in [0, 0.1) is 0 Å². The summed E-state index contributed by atoms with van der Waals surface area (Å²) in [6.45, 7) is 12.3. The molecule has 1 N–H and O–H groups in total. The fraction of sp³-hybridized carbons (Fsp3) is 0.462. The maximum absolute atomic E-state index is 13.2. The van der Waals surface area contributed by atoms with Crippen LogP contribution in [0.4, 0.5) is 0 Å². The van der Waals surface area contributed by atoms with Crippen molar-refractivity contribution in [1.29, 1.82) is 0 Å². The van der Waals surface area contributed by atoms with Crippen molar-refractivity contribution < 1.29 is 9.59 Å². The van der Waals surface area contributed by atoms with Crippen LogP contribution >= 0.6 is 11.6 Å². The molecule has 0 saturated heterocycles. The van der Waals surface area contributed by atoms with Gasteiger partial charge in [0.15, 0.2) is 0 Å². The Kier molecular flexibility index (Phi) is 8.69. The number of nitrogens with one attached hydrogen (secondary N) is 1. The molecular weight excluding hydrogens is 408 g/mol. The van der Waals surface area contributed by atoms with Gasteiger partial charge in [-0.3, -0.25) is 9.59 Å². The topological polar surface area (TPSA) is 49.4 Å². The molecule has 2 amide bonds. The highest BCUT2D eigenvalue weighted by molar-refractivity contribution is 6.30. The third-order valence-corrected chi connectivity index (χ3v) is 5.46. The molecule has 0 fully saturated rings. The monoisotopic (exact) mass is 442 g/mol. The number of nitrogens with zero attached hydrogens (tertiary/aromatic N) is 1. The number of aryl methyl sites for hydroxylation is 1. The molecule has 168 valence electrons. The first-order chi connectivity index (χ1) is 14.5. The Morgan fingerprint density at radius 3 is 2.00 bits per heavy atom. The van der Waals surface area contributed by atoms with Crippen LogP contribution in [0.25, 0.3) is 0 Å². The van der Waals surface area contributed by atoms with Crippen LogP contribution in [0.2, 0.25) is 5.02 Å². The zero-order chi connectivity index (χ0) is 23.2. The lowest BCUT2D eigenvalue weighted by molar-refractivity contribution is -0.141. The molecule has 0 bridgehead atoms. The largest absolute Gasteiger partial charge is 0.350 e. The van der Waals surface area contributed by atoms with Gasteiger partial charge in [0.2, 0.25) is 11.8 Å². The Hall–Kier alpha value is -2.33. The summed E-state index contributed by atoms with van der Waals surface area (Å²) in [4.78, 5) is 27.7. The van der Waals surface area contributed by atoms with Gasteiger partial charge < -0.3 is 10.2 Å². The van der Waals surface area contributed by atoms with E-state index in [0.717, 1.165) is 11.1 Å². The maximum atomic E-state index is 13.2. The van der Waals surface area contributed by atoms with Gasteiger partial charge in [-0.2, -0.15) is 0 Å². The lowest BCUT2D eigenvalue weighted by Crippen LogP contribution is -2.52. The van der Waals surface area contributed by atoms with E-state index in [1.54, 1.807) is 24.0 Å². The molecule has 0 aliphatic rings. The summed E-state index contributed by atoms with van der Waals surface area (Å²) in [5, 5.41) is 3.63. The SMILES string of the molecule is CC(C)c1ccc(CCC(=O)N(Cc2ccc(Cl)cc2)[C@@H](C)C(=O)NC(C)(C)C)cc1. The molecule has 5 heteroatoms. The van der Waals surface area contributed by atoms with Crippen molar-refractivity contribution in [3.05, 3.63) is 70.2 Å². The number of carbonyl (C=O) groups excluding carboxylic acids is 2. The zero-order valence-corrected chi connectivity index (χ0v) is 20.3. The number of amides is 2. The van der Waals surface area contributed by atoms with Crippen molar-refractivity contribution in [1.82, 2.24) is 10.2 Å². The van der Waals surface area contributed by atoms with Crippen LogP contribution in [0.15, 0.2) is 48.5 Å². The number of halogens is 1. The van der Waals surface area contributed by atoms with Crippen LogP contribution in [0.1, 0.15) is 70.6 Å². The van der Waals surface area contributed by atoms with E-state index in [1.165, 1.54) is 5.56 Å². The van der Waals surface area contributed by atoms with Crippen LogP contribution in [0.5, 0.6) is 0 Å². The number of hydrogen-bond acceptors (Lipinski definition) is 2. The lowest BCUT2D eigenvalue weighted by Gasteiger charge is -2.31. The number of rotatable bonds is 8. The van der Waals surface area contributed by atoms with Crippen LogP contribution < -0.4 is 5.32 Å². The van der Waals surface area contributed by atoms with Crippen LogP contribution in [-0.4, -0.2) is 28.3 Å². The molecule has 0 unspecified atom stereocenters. The average molecular weight is 443 g/mol. The fourth-order valence-electron chi connectivity index (χ4n) is 3.31. The molecule has 2 rings (SSSR count). The second-order valence-electron chi connectivity index (χ2n) is 9.46. The van der Waals surface area contributed by atoms with Crippen molar-refractivity contribution >= 4 is 23.4 Å². The van der Waals surface area contributed by atoms with Crippen LogP contribution in [-0.2, 0) is 22.6 Å². The Morgan fingerprint density at radius 2 is 1.48 bits per heavy atom. The van der Waals surface area contributed by atoms with Crippen molar-refractivity contribution in [3.8, 4) is 0 Å². The predicted octanol–water partition coefficient (Wildman–Crippen LogP) is 5.73. The molecule has 1 atom stereocenters. The molecule has 4 nitrogen and oxygen atoms in total. The Labute approximate surface area is 192 Å². The van der Waals surface area contributed by atoms with Gasteiger partial charge in [0, 0.05) is 23.5 Å². The lowest BCUT2D eigenvalue weighted by atomic mass is 10.00. The van der Waals surface area contributed by atoms with Gasteiger partial charge in [-0.05, 0) is 68.9 Å². The van der Waals surface area contributed by atoms with Gasteiger partial charge in [0.25, 0.3) is 0 Å². The highest BCUT2D eigenvalue weighted by Crippen LogP contribution is 2.18. The van der Waals surface area contributed by atoms with Gasteiger partial charge >= 0.3 is 0 Å². The van der Waals surface area contributed by atoms with Crippen LogP contribution in [0.3, 0.4) is 0 Å². The molecular formula is C26H35ClN2O2. The summed E-state index contributed by atoms with van der Waals surface area (Å²) >= 11 is 6.00. The molecule has 0 aliphatic carbocycles. The molecule has 31 heavy (non-hydrogen) atoms. The summed E-state index contributed by atoms with van der Waals surface area (Å²) in [7, 11) is 0. The van der Waals surface area contributed by atoms with Crippen molar-refractivity contribution in [2.45, 2.75) is 78.4 Å². The molecule has 2 aromatic rings. The highest BCUT2D eigenvalue weighted by atomic mass is 35.5. The first kappa shape index (κ1) is 24.9. The second-order valence-corrected chi connectivity index (χ2v) is 9.90. The number of hydrogen-bond donors (Lipinski definition) is 1. The van der Waals surface area contributed by atoms with Gasteiger partial charge in [-0.15, -0.1) is 0 Å². The minimum atomic E-state index is -0.578. The zero-order valence-electron chi connectivity index (χ0n) is 19.5. The normalized spacial score (nSPS) is 12.5. The van der Waals surface area contributed by atoms with E-state index in [1.807, 2.05) is 32.9 Å². The van der Waals surface area contributed by atoms with E-state index in [2.05, 4.69) is 43.4 Å². The van der Waals surface area contributed by atoms with Crippen molar-refractivity contribution in [2.24, 2.45) is 0 Å². The Morgan fingerprint density at radius 1 is 0.935 bits per heavy atom. The van der Waals surface area contributed by atoms with E-state index in [9.17, 15) is 9.59 Å². The minimum absolute atomic E-state index is 0.0422. The maximum Gasteiger partial charge on any atom is 0.242 e. The Balaban J connectivity index is 2.14. The first-order valence-corrected chi connectivity index (χ1v) is 11.3. The number of benzene rings is 2. The molecule has 0 saturated carbocycles. The Bertz CT molecular complexity index is 868. The van der Waals surface area contributed by atoms with Gasteiger partial charge in [-0.25, -0.2) is 0 Å². The van der Waals surface area contributed by atoms with E-state index < -0.39 is 6.04 Å². The predicted molar refractivity (Wildman–Crippen MR) is 128 cm³/mol. The highest BCUT2D eigenvalue weighted by Gasteiger charge is 2.28. The quantitative estimate of drug-likeness (QED) is 0.567. The molecule has 0 aromatic heterocycles. The van der Waals surface area contributed by atoms with E-state index in [-0.39, 0.29) is 17.4 Å². The summed E-state index contributed by atoms with van der Waals surface area (Å²) < 4.78 is 0. The standard InChI is InChI=1S/C26H35ClN2O2/c1-18(2)22-12-7-20(8-13-22)11-16-24(30)29(17-21-9-14-23(27)15-10-21)19(3)25(31)28-26(4,5)6/h7-10,12-15,18-19H,11,16-17H2,1-6H3,(H,28,31)/t19-/m0/s1. The third-order valence-electron chi connectivity index (χ3n) is 5.21. The fourth-order valence-corrected chi connectivity index (χ4v) is 3.43. The molecule has 0 aliphatic heterocycles. The summed E-state index contributed by atoms with van der Waals surface area (Å²) in [6.07, 6.45) is 0.990. The first-order valence-electron chi connectivity index (χ1n) is 10.9. The van der Waals surface area contributed by atoms with Crippen molar-refractivity contribution in [2.75, 3.05) is 0 Å². The summed E-state index contributed by atoms with van der Waals surface area (Å²) in [5.41, 5.74) is 2.98. The molecule has 0 heterocycles. The third kappa shape index (κ3) is 8.02. The average Bonchev–Trinajstić information content (AvgIpc) is 2.70. The summed E-state index contributed by atoms with van der Waals surface area (Å²) in [6, 6.07) is 15.2. The summed E-state index contributed by atoms with van der Waals surface area (Å²) in [5.74, 6) is 0.281. The van der Waals surface area contributed by atoms with Crippen molar-refractivity contribution in [3.63, 3.8) is 0 Å². The van der Waals surface area contributed by atoms with Gasteiger partial charge in [0.05, 0.1) is 0 Å². The molecule has 2 aromatic carbocycles. The van der Waals surface area contributed by atoms with E-state index >= 15 is 0 Å². The number of carbonyl (C=O) groups is 2. The minimum Gasteiger partial charge on any atom is -0.350 e. The van der Waals surface area contributed by atoms with E-state index in [4.69, 9.17) is 11.6 Å². The van der Waals surface area contributed by atoms with Gasteiger partial charge in [0.1, 0.15) is 6.04 Å². The van der Waals surface area contributed by atoms with E-state index in [0.29, 0.717) is 30.3 Å². The molecule has 0 spiro atoms. The second kappa shape index (κ2) is 10.8. The van der Waals surface area contributed by atoms with Gasteiger partial charge in [-0.1, -0.05) is 61.8 Å². The smallest absolute Gasteiger partial charge is 0.242 e.